The number of allylic oxidation sites excluding steroid dienone is 2. The molecule has 0 amide bonds. The summed E-state index contributed by atoms with van der Waals surface area (Å²) in [7, 11) is -2.00. The Labute approximate surface area is 63.2 Å². The molecule has 0 saturated carbocycles. The van der Waals surface area contributed by atoms with Gasteiger partial charge >= 0.3 is 0 Å². The van der Waals surface area contributed by atoms with Crippen LogP contribution in [0.25, 0.3) is 0 Å². The molecule has 0 aromatic heterocycles. The highest BCUT2D eigenvalue weighted by Gasteiger charge is 2.02. The van der Waals surface area contributed by atoms with E-state index in [2.05, 4.69) is 6.58 Å². The number of hydrogen-bond acceptors (Lipinski definition) is 1. The predicted octanol–water partition coefficient (Wildman–Crippen LogP) is 3.09. The van der Waals surface area contributed by atoms with Crippen LogP contribution >= 0.6 is 7.14 Å². The van der Waals surface area contributed by atoms with Gasteiger partial charge in [-0.1, -0.05) is 12.2 Å². The van der Waals surface area contributed by atoms with Crippen LogP contribution in [0.3, 0.4) is 0 Å². The van der Waals surface area contributed by atoms with Gasteiger partial charge in [0, 0.05) is 0 Å². The summed E-state index contributed by atoms with van der Waals surface area (Å²) in [5.41, 5.74) is 2.03. The lowest BCUT2D eigenvalue weighted by Crippen LogP contribution is -1.76. The first kappa shape index (κ1) is 9.71. The molecule has 0 heterocycles. The first-order valence-electron chi connectivity index (χ1n) is 3.23. The van der Waals surface area contributed by atoms with Crippen molar-refractivity contribution in [2.75, 3.05) is 13.3 Å². The van der Waals surface area contributed by atoms with Gasteiger partial charge in [-0.15, -0.1) is 0 Å². The van der Waals surface area contributed by atoms with E-state index in [0.29, 0.717) is 0 Å². The second-order valence-electron chi connectivity index (χ2n) is 3.03. The molecule has 0 fully saturated rings. The zero-order valence-corrected chi connectivity index (χ0v) is 8.03. The standard InChI is InChI=1S/C8H15OP/c1-7(2)8(3)6-10(4,5)9/h6H,1H2,2-5H3. The van der Waals surface area contributed by atoms with E-state index in [1.165, 1.54) is 0 Å². The van der Waals surface area contributed by atoms with Crippen LogP contribution in [0.2, 0.25) is 0 Å². The van der Waals surface area contributed by atoms with E-state index < -0.39 is 7.14 Å². The molecule has 0 aromatic carbocycles. The van der Waals surface area contributed by atoms with Crippen LogP contribution in [-0.2, 0) is 4.57 Å². The quantitative estimate of drug-likeness (QED) is 0.445. The summed E-state index contributed by atoms with van der Waals surface area (Å²) in [5.74, 6) is 1.80. The average Bonchev–Trinajstić information content (AvgIpc) is 1.60. The third kappa shape index (κ3) is 4.58. The minimum absolute atomic E-state index is 0.990. The summed E-state index contributed by atoms with van der Waals surface area (Å²) in [4.78, 5) is 0. The number of hydrogen-bond donors (Lipinski definition) is 0. The Kier molecular flexibility index (Phi) is 3.11. The van der Waals surface area contributed by atoms with Gasteiger partial charge in [0.15, 0.2) is 0 Å². The minimum atomic E-state index is -2.00. The Morgan fingerprint density at radius 3 is 1.90 bits per heavy atom. The monoisotopic (exact) mass is 158 g/mol. The van der Waals surface area contributed by atoms with Crippen molar-refractivity contribution in [1.29, 1.82) is 0 Å². The molecule has 10 heavy (non-hydrogen) atoms. The zero-order valence-electron chi connectivity index (χ0n) is 7.14. The molecule has 0 aliphatic rings. The fraction of sp³-hybridized carbons (Fsp3) is 0.500. The lowest BCUT2D eigenvalue weighted by molar-refractivity contribution is 0.588. The molecule has 0 radical (unpaired) electrons. The molecule has 58 valence electrons. The molecule has 0 unspecified atom stereocenters. The van der Waals surface area contributed by atoms with Gasteiger partial charge in [-0.25, -0.2) is 0 Å². The fourth-order valence-corrected chi connectivity index (χ4v) is 1.73. The topological polar surface area (TPSA) is 17.1 Å². The van der Waals surface area contributed by atoms with Gasteiger partial charge in [0.05, 0.1) is 0 Å². The first-order chi connectivity index (χ1) is 4.33. The van der Waals surface area contributed by atoms with E-state index in [1.54, 1.807) is 19.1 Å². The smallest absolute Gasteiger partial charge is 0.103 e. The summed E-state index contributed by atoms with van der Waals surface area (Å²) in [5, 5.41) is 0. The Morgan fingerprint density at radius 2 is 1.80 bits per heavy atom. The van der Waals surface area contributed by atoms with E-state index in [-0.39, 0.29) is 0 Å². The molecule has 0 N–H and O–H groups in total. The molecule has 0 spiro atoms. The van der Waals surface area contributed by atoms with E-state index in [4.69, 9.17) is 0 Å². The van der Waals surface area contributed by atoms with Crippen LogP contribution in [-0.4, -0.2) is 13.3 Å². The summed E-state index contributed by atoms with van der Waals surface area (Å²) in [6.07, 6.45) is 0. The highest BCUT2D eigenvalue weighted by atomic mass is 31.2. The van der Waals surface area contributed by atoms with Crippen molar-refractivity contribution in [3.8, 4) is 0 Å². The molecule has 0 rings (SSSR count). The van der Waals surface area contributed by atoms with Crippen molar-refractivity contribution in [3.05, 3.63) is 23.5 Å². The van der Waals surface area contributed by atoms with Gasteiger partial charge in [-0.3, -0.25) is 0 Å². The zero-order chi connectivity index (χ0) is 8.36. The molecule has 0 aliphatic heterocycles. The highest BCUT2D eigenvalue weighted by molar-refractivity contribution is 7.65. The van der Waals surface area contributed by atoms with Crippen molar-refractivity contribution in [3.63, 3.8) is 0 Å². The average molecular weight is 158 g/mol. The summed E-state index contributed by atoms with van der Waals surface area (Å²) >= 11 is 0. The minimum Gasteiger partial charge on any atom is -0.320 e. The molecule has 0 saturated heterocycles. The van der Waals surface area contributed by atoms with Gasteiger partial charge in [-0.05, 0) is 38.6 Å². The van der Waals surface area contributed by atoms with Gasteiger partial charge in [0.1, 0.15) is 7.14 Å². The SMILES string of the molecule is C=C(C)C(C)=CP(C)(C)=O. The second kappa shape index (κ2) is 3.21. The fourth-order valence-electron chi connectivity index (χ4n) is 0.577. The molecule has 1 nitrogen and oxygen atoms in total. The number of rotatable bonds is 2. The lowest BCUT2D eigenvalue weighted by atomic mass is 10.2. The van der Waals surface area contributed by atoms with Crippen LogP contribution in [0.5, 0.6) is 0 Å². The van der Waals surface area contributed by atoms with Crippen molar-refractivity contribution in [2.45, 2.75) is 13.8 Å². The van der Waals surface area contributed by atoms with Crippen LogP contribution in [0.4, 0.5) is 0 Å². The maximum atomic E-state index is 11.2. The third-order valence-corrected chi connectivity index (χ3v) is 2.19. The summed E-state index contributed by atoms with van der Waals surface area (Å²) in [6, 6.07) is 0. The first-order valence-corrected chi connectivity index (χ1v) is 5.90. The molecular formula is C8H15OP. The Morgan fingerprint density at radius 1 is 1.40 bits per heavy atom. The predicted molar refractivity (Wildman–Crippen MR) is 48.0 cm³/mol. The van der Waals surface area contributed by atoms with Gasteiger partial charge in [0.2, 0.25) is 0 Å². The Bertz CT molecular complexity index is 207. The van der Waals surface area contributed by atoms with Gasteiger partial charge in [0.25, 0.3) is 0 Å². The maximum Gasteiger partial charge on any atom is 0.103 e. The maximum absolute atomic E-state index is 11.2. The Hall–Kier alpha value is -0.290. The van der Waals surface area contributed by atoms with Crippen molar-refractivity contribution >= 4 is 7.14 Å². The molecular weight excluding hydrogens is 143 g/mol. The molecule has 0 atom stereocenters. The van der Waals surface area contributed by atoms with Crippen molar-refractivity contribution < 1.29 is 4.57 Å². The molecule has 0 bridgehead atoms. The molecule has 0 aliphatic carbocycles. The largest absolute Gasteiger partial charge is 0.320 e. The van der Waals surface area contributed by atoms with E-state index >= 15 is 0 Å². The normalized spacial score (nSPS) is 13.4. The van der Waals surface area contributed by atoms with Crippen molar-refractivity contribution in [1.82, 2.24) is 0 Å². The van der Waals surface area contributed by atoms with Crippen LogP contribution in [0.1, 0.15) is 13.8 Å². The molecule has 0 aromatic rings. The van der Waals surface area contributed by atoms with E-state index in [1.807, 2.05) is 13.8 Å². The van der Waals surface area contributed by atoms with Crippen LogP contribution in [0, 0.1) is 0 Å². The summed E-state index contributed by atoms with van der Waals surface area (Å²) in [6.45, 7) is 11.1. The van der Waals surface area contributed by atoms with E-state index in [9.17, 15) is 4.57 Å². The third-order valence-electron chi connectivity index (χ3n) is 1.18. The van der Waals surface area contributed by atoms with Gasteiger partial charge in [-0.2, -0.15) is 0 Å². The van der Waals surface area contributed by atoms with Gasteiger partial charge < -0.3 is 4.57 Å². The van der Waals surface area contributed by atoms with Crippen molar-refractivity contribution in [2.24, 2.45) is 0 Å². The highest BCUT2D eigenvalue weighted by Crippen LogP contribution is 2.39. The van der Waals surface area contributed by atoms with Crippen LogP contribution in [0.15, 0.2) is 23.5 Å². The molecule has 2 heteroatoms. The van der Waals surface area contributed by atoms with E-state index in [0.717, 1.165) is 11.1 Å². The summed E-state index contributed by atoms with van der Waals surface area (Å²) < 4.78 is 11.2. The lowest BCUT2D eigenvalue weighted by Gasteiger charge is -2.02. The second-order valence-corrected chi connectivity index (χ2v) is 6.15. The van der Waals surface area contributed by atoms with Crippen LogP contribution < -0.4 is 0 Å². The Balaban J connectivity index is 4.48.